The first kappa shape index (κ1) is 19.7. The van der Waals surface area contributed by atoms with Crippen LogP contribution in [0.2, 0.25) is 0 Å². The average Bonchev–Trinajstić information content (AvgIpc) is 3.25. The summed E-state index contributed by atoms with van der Waals surface area (Å²) in [6.07, 6.45) is 0. The van der Waals surface area contributed by atoms with Gasteiger partial charge in [-0.1, -0.05) is 0 Å². The zero-order valence-electron chi connectivity index (χ0n) is 14.9. The van der Waals surface area contributed by atoms with Crippen LogP contribution in [0.25, 0.3) is 11.5 Å². The van der Waals surface area contributed by atoms with Gasteiger partial charge >= 0.3 is 5.97 Å². The third-order valence-corrected chi connectivity index (χ3v) is 4.70. The van der Waals surface area contributed by atoms with Crippen molar-refractivity contribution < 1.29 is 24.5 Å². The minimum Gasteiger partial charge on any atom is -0.496 e. The van der Waals surface area contributed by atoms with Gasteiger partial charge in [0.2, 0.25) is 5.82 Å². The molecule has 11 heteroatoms. The Kier molecular flexibility index (Phi) is 5.56. The molecule has 3 aromatic rings. The zero-order chi connectivity index (χ0) is 20.4. The van der Waals surface area contributed by atoms with Crippen LogP contribution in [0.5, 0.6) is 5.75 Å². The molecule has 0 amide bonds. The van der Waals surface area contributed by atoms with Gasteiger partial charge in [-0.25, -0.2) is 4.79 Å². The molecule has 0 aliphatic rings. The number of H-pyrrole nitrogens is 1. The van der Waals surface area contributed by atoms with Crippen LogP contribution < -0.4 is 4.74 Å². The van der Waals surface area contributed by atoms with E-state index in [1.165, 1.54) is 11.9 Å². The number of hydrogen-bond acceptors (Lipinski definition) is 7. The number of aromatic nitrogens is 5. The summed E-state index contributed by atoms with van der Waals surface area (Å²) < 4.78 is 5.72. The fourth-order valence-electron chi connectivity index (χ4n) is 2.74. The maximum Gasteiger partial charge on any atom is 0.353 e. The van der Waals surface area contributed by atoms with Gasteiger partial charge in [0.1, 0.15) is 11.4 Å². The van der Waals surface area contributed by atoms with E-state index in [1.807, 2.05) is 0 Å². The predicted molar refractivity (Wildman–Crippen MR) is 101 cm³/mol. The number of tetrazole rings is 1. The van der Waals surface area contributed by atoms with Crippen molar-refractivity contribution in [2.75, 3.05) is 13.7 Å². The minimum atomic E-state index is -1.28. The molecule has 0 spiro atoms. The Morgan fingerprint density at radius 1 is 1.36 bits per heavy atom. The number of halogens is 1. The number of carbonyl (C=O) groups excluding carboxylic acids is 1. The van der Waals surface area contributed by atoms with Gasteiger partial charge in [-0.15, -0.1) is 10.2 Å². The van der Waals surface area contributed by atoms with Gasteiger partial charge in [-0.2, -0.15) is 4.80 Å². The molecule has 0 atom stereocenters. The molecule has 28 heavy (non-hydrogen) atoms. The number of carboxylic acids is 1. The predicted octanol–water partition coefficient (Wildman–Crippen LogP) is 1.67. The highest BCUT2D eigenvalue weighted by atomic mass is 79.9. The van der Waals surface area contributed by atoms with Gasteiger partial charge < -0.3 is 19.9 Å². The highest BCUT2D eigenvalue weighted by Gasteiger charge is 2.28. The standard InChI is InChI=1S/C17H16BrN5O5/c1-8-12(15(25)9-3-4-11(28-2)10(18)7-9)14(17(26)27)19-13(8)16-20-22-23(21-16)5-6-24/h3-4,7,19,24H,5-6H2,1-2H3,(H,26,27). The van der Waals surface area contributed by atoms with Crippen LogP contribution >= 0.6 is 15.9 Å². The molecule has 1 aromatic carbocycles. The molecule has 10 nitrogen and oxygen atoms in total. The van der Waals surface area contributed by atoms with E-state index >= 15 is 0 Å². The largest absolute Gasteiger partial charge is 0.496 e. The van der Waals surface area contributed by atoms with Crippen LogP contribution in [0.4, 0.5) is 0 Å². The number of aliphatic hydroxyl groups is 1. The fourth-order valence-corrected chi connectivity index (χ4v) is 3.28. The molecule has 0 unspecified atom stereocenters. The first-order valence-corrected chi connectivity index (χ1v) is 8.89. The monoisotopic (exact) mass is 449 g/mol. The van der Waals surface area contributed by atoms with E-state index in [2.05, 4.69) is 36.3 Å². The number of aliphatic hydroxyl groups excluding tert-OH is 1. The van der Waals surface area contributed by atoms with Crippen molar-refractivity contribution >= 4 is 27.7 Å². The Balaban J connectivity index is 2.09. The molecule has 0 aliphatic heterocycles. The van der Waals surface area contributed by atoms with E-state index in [0.29, 0.717) is 21.3 Å². The molecule has 0 bridgehead atoms. The third kappa shape index (κ3) is 3.53. The number of ether oxygens (including phenoxy) is 1. The molecule has 0 saturated carbocycles. The molecule has 2 aromatic heterocycles. The Hall–Kier alpha value is -3.05. The number of carboxylic acid groups (broad SMARTS) is 1. The van der Waals surface area contributed by atoms with Crippen molar-refractivity contribution in [2.24, 2.45) is 0 Å². The lowest BCUT2D eigenvalue weighted by molar-refractivity contribution is 0.0687. The molecule has 3 N–H and O–H groups in total. The SMILES string of the molecule is COc1ccc(C(=O)c2c(C(=O)O)[nH]c(-c3nnn(CCO)n3)c2C)cc1Br. The van der Waals surface area contributed by atoms with Crippen LogP contribution in [0.15, 0.2) is 22.7 Å². The third-order valence-electron chi connectivity index (χ3n) is 4.08. The van der Waals surface area contributed by atoms with Crippen LogP contribution in [0, 0.1) is 6.92 Å². The maximum absolute atomic E-state index is 13.1. The smallest absolute Gasteiger partial charge is 0.353 e. The Bertz CT molecular complexity index is 1060. The van der Waals surface area contributed by atoms with Crippen molar-refractivity contribution in [3.8, 4) is 17.3 Å². The van der Waals surface area contributed by atoms with Crippen LogP contribution in [0.3, 0.4) is 0 Å². The highest BCUT2D eigenvalue weighted by Crippen LogP contribution is 2.30. The number of nitrogens with one attached hydrogen (secondary N) is 1. The van der Waals surface area contributed by atoms with Gasteiger partial charge in [0, 0.05) is 5.56 Å². The van der Waals surface area contributed by atoms with Gasteiger partial charge in [0.15, 0.2) is 5.78 Å². The zero-order valence-corrected chi connectivity index (χ0v) is 16.5. The van der Waals surface area contributed by atoms with Crippen molar-refractivity contribution in [2.45, 2.75) is 13.5 Å². The molecule has 0 radical (unpaired) electrons. The second-order valence-electron chi connectivity index (χ2n) is 5.79. The summed E-state index contributed by atoms with van der Waals surface area (Å²) in [6.45, 7) is 1.58. The van der Waals surface area contributed by atoms with Crippen LogP contribution in [-0.4, -0.2) is 60.9 Å². The lowest BCUT2D eigenvalue weighted by Crippen LogP contribution is -2.09. The number of ketones is 1. The molecular formula is C17H16BrN5O5. The minimum absolute atomic E-state index is 0.0121. The summed E-state index contributed by atoms with van der Waals surface area (Å²) in [4.78, 5) is 28.7. The highest BCUT2D eigenvalue weighted by molar-refractivity contribution is 9.10. The van der Waals surface area contributed by atoms with Gasteiger partial charge in [0.25, 0.3) is 0 Å². The number of benzene rings is 1. The first-order chi connectivity index (χ1) is 13.4. The summed E-state index contributed by atoms with van der Waals surface area (Å²) in [5.41, 5.74) is 0.706. The number of methoxy groups -OCH3 is 1. The van der Waals surface area contributed by atoms with Crippen molar-refractivity contribution in [3.05, 3.63) is 45.1 Å². The topological polar surface area (TPSA) is 143 Å². The van der Waals surface area contributed by atoms with Crippen LogP contribution in [0.1, 0.15) is 32.0 Å². The summed E-state index contributed by atoms with van der Waals surface area (Å²) in [5, 5.41) is 30.3. The van der Waals surface area contributed by atoms with Gasteiger partial charge in [0.05, 0.1) is 36.0 Å². The molecule has 146 valence electrons. The summed E-state index contributed by atoms with van der Waals surface area (Å²) in [5.74, 6) is -1.08. The second kappa shape index (κ2) is 7.90. The molecule has 0 saturated heterocycles. The van der Waals surface area contributed by atoms with E-state index in [0.717, 1.165) is 0 Å². The maximum atomic E-state index is 13.1. The Morgan fingerprint density at radius 2 is 2.11 bits per heavy atom. The molecule has 0 fully saturated rings. The normalized spacial score (nSPS) is 10.9. The van der Waals surface area contributed by atoms with Crippen molar-refractivity contribution in [1.29, 1.82) is 0 Å². The second-order valence-corrected chi connectivity index (χ2v) is 6.65. The molecule has 3 rings (SSSR count). The molecule has 2 heterocycles. The average molecular weight is 450 g/mol. The number of carbonyl (C=O) groups is 2. The van der Waals surface area contributed by atoms with E-state index < -0.39 is 11.8 Å². The number of aromatic amines is 1. The van der Waals surface area contributed by atoms with Gasteiger partial charge in [-0.05, 0) is 51.8 Å². The van der Waals surface area contributed by atoms with E-state index in [1.54, 1.807) is 25.1 Å². The number of hydrogen-bond donors (Lipinski definition) is 3. The fraction of sp³-hybridized carbons (Fsp3) is 0.235. The van der Waals surface area contributed by atoms with Crippen LogP contribution in [-0.2, 0) is 6.54 Å². The number of rotatable bonds is 7. The quantitative estimate of drug-likeness (QED) is 0.462. The first-order valence-electron chi connectivity index (χ1n) is 8.10. The lowest BCUT2D eigenvalue weighted by Gasteiger charge is -2.06. The summed E-state index contributed by atoms with van der Waals surface area (Å²) in [6, 6.07) is 4.73. The summed E-state index contributed by atoms with van der Waals surface area (Å²) >= 11 is 3.32. The summed E-state index contributed by atoms with van der Waals surface area (Å²) in [7, 11) is 1.50. The Labute approximate surface area is 167 Å². The molecule has 0 aliphatic carbocycles. The lowest BCUT2D eigenvalue weighted by atomic mass is 9.99. The number of aromatic carboxylic acids is 1. The van der Waals surface area contributed by atoms with Crippen molar-refractivity contribution in [1.82, 2.24) is 25.2 Å². The number of nitrogens with zero attached hydrogens (tertiary/aromatic N) is 4. The van der Waals surface area contributed by atoms with E-state index in [-0.39, 0.29) is 35.9 Å². The Morgan fingerprint density at radius 3 is 2.71 bits per heavy atom. The van der Waals surface area contributed by atoms with E-state index in [4.69, 9.17) is 9.84 Å². The molecular weight excluding hydrogens is 434 g/mol. The van der Waals surface area contributed by atoms with Gasteiger partial charge in [-0.3, -0.25) is 4.79 Å². The van der Waals surface area contributed by atoms with E-state index in [9.17, 15) is 14.7 Å². The van der Waals surface area contributed by atoms with Crippen molar-refractivity contribution in [3.63, 3.8) is 0 Å².